The van der Waals surface area contributed by atoms with E-state index in [1.165, 1.54) is 164 Å². The lowest BCUT2D eigenvalue weighted by Crippen LogP contribution is -2.13. The molecule has 0 atom stereocenters. The molecule has 8 aromatic rings. The van der Waals surface area contributed by atoms with Crippen molar-refractivity contribution in [2.75, 3.05) is 9.80 Å². The normalized spacial score (nSPS) is 15.2. The molecule has 2 heteroatoms. The lowest BCUT2D eigenvalue weighted by molar-refractivity contribution is 0.443. The van der Waals surface area contributed by atoms with Crippen molar-refractivity contribution in [3.05, 3.63) is 179 Å². The molecule has 0 radical (unpaired) electrons. The Hall–Kier alpha value is -5.86. The van der Waals surface area contributed by atoms with E-state index >= 15 is 0 Å². The minimum absolute atomic E-state index is 0.670. The van der Waals surface area contributed by atoms with Crippen molar-refractivity contribution in [3.63, 3.8) is 0 Å². The predicted molar refractivity (Wildman–Crippen MR) is 259 cm³/mol. The van der Waals surface area contributed by atoms with E-state index in [0.717, 1.165) is 0 Å². The summed E-state index contributed by atoms with van der Waals surface area (Å²) in [6.07, 6.45) is 13.3. The topological polar surface area (TPSA) is 6.48 Å². The van der Waals surface area contributed by atoms with Gasteiger partial charge in [0.05, 0.1) is 11.4 Å². The van der Waals surface area contributed by atoms with Crippen LogP contribution in [0.4, 0.5) is 34.1 Å². The Kier molecular flexibility index (Phi) is 10.4. The van der Waals surface area contributed by atoms with E-state index in [9.17, 15) is 0 Å². The third-order valence-electron chi connectivity index (χ3n) is 14.3. The van der Waals surface area contributed by atoms with Crippen LogP contribution < -0.4 is 9.80 Å². The van der Waals surface area contributed by atoms with E-state index in [-0.39, 0.29) is 0 Å². The number of hydrogen-bond donors (Lipinski definition) is 0. The van der Waals surface area contributed by atoms with Crippen molar-refractivity contribution >= 4 is 66.4 Å². The van der Waals surface area contributed by atoms with Crippen molar-refractivity contribution in [1.29, 1.82) is 0 Å². The molecule has 2 fully saturated rings. The van der Waals surface area contributed by atoms with Gasteiger partial charge in [-0.25, -0.2) is 0 Å². The first-order valence-electron chi connectivity index (χ1n) is 22.7. The van der Waals surface area contributed by atoms with Gasteiger partial charge in [0, 0.05) is 33.5 Å². The Bertz CT molecular complexity index is 2620. The highest BCUT2D eigenvalue weighted by Crippen LogP contribution is 2.48. The van der Waals surface area contributed by atoms with Crippen molar-refractivity contribution in [1.82, 2.24) is 0 Å². The largest absolute Gasteiger partial charge is 0.310 e. The summed E-state index contributed by atoms with van der Waals surface area (Å²) in [7, 11) is 0. The number of aryl methyl sites for hydroxylation is 4. The maximum atomic E-state index is 2.51. The van der Waals surface area contributed by atoms with Crippen LogP contribution >= 0.6 is 0 Å². The zero-order valence-corrected chi connectivity index (χ0v) is 36.0. The summed E-state index contributed by atoms with van der Waals surface area (Å²) in [5, 5.41) is 7.55. The van der Waals surface area contributed by atoms with Crippen LogP contribution in [0.15, 0.2) is 146 Å². The summed E-state index contributed by atoms with van der Waals surface area (Å²) in [6.45, 7) is 8.90. The molecule has 2 saturated carbocycles. The van der Waals surface area contributed by atoms with Crippen molar-refractivity contribution in [3.8, 4) is 0 Å². The Morgan fingerprint density at radius 1 is 0.317 bits per heavy atom. The fourth-order valence-electron chi connectivity index (χ4n) is 10.5. The van der Waals surface area contributed by atoms with E-state index in [2.05, 4.69) is 183 Å². The van der Waals surface area contributed by atoms with Gasteiger partial charge in [-0.2, -0.15) is 0 Å². The molecule has 0 bridgehead atoms. The molecule has 0 saturated heterocycles. The van der Waals surface area contributed by atoms with Gasteiger partial charge in [-0.1, -0.05) is 123 Å². The van der Waals surface area contributed by atoms with Crippen LogP contribution in [0, 0.1) is 27.7 Å². The maximum absolute atomic E-state index is 2.51. The highest BCUT2D eigenvalue weighted by atomic mass is 15.2. The molecule has 2 aliphatic carbocycles. The molecule has 0 unspecified atom stereocenters. The van der Waals surface area contributed by atoms with Gasteiger partial charge >= 0.3 is 0 Å². The van der Waals surface area contributed by atoms with Crippen LogP contribution in [0.1, 0.15) is 109 Å². The summed E-state index contributed by atoms with van der Waals surface area (Å²) >= 11 is 0. The second-order valence-corrected chi connectivity index (χ2v) is 18.0. The zero-order valence-electron chi connectivity index (χ0n) is 36.0. The predicted octanol–water partition coefficient (Wildman–Crippen LogP) is 17.4. The van der Waals surface area contributed by atoms with Gasteiger partial charge in [0.15, 0.2) is 0 Å². The molecule has 300 valence electrons. The van der Waals surface area contributed by atoms with E-state index in [1.54, 1.807) is 0 Å². The summed E-state index contributed by atoms with van der Waals surface area (Å²) in [5.74, 6) is 1.34. The van der Waals surface area contributed by atoms with Gasteiger partial charge in [-0.05, 0) is 181 Å². The van der Waals surface area contributed by atoms with Gasteiger partial charge in [0.25, 0.3) is 0 Å². The quantitative estimate of drug-likeness (QED) is 0.142. The Balaban J connectivity index is 1.19. The molecule has 60 heavy (non-hydrogen) atoms. The fraction of sp³-hybridized carbons (Fsp3) is 0.276. The van der Waals surface area contributed by atoms with Gasteiger partial charge < -0.3 is 9.80 Å². The Morgan fingerprint density at radius 2 is 0.667 bits per heavy atom. The van der Waals surface area contributed by atoms with Crippen molar-refractivity contribution in [2.24, 2.45) is 0 Å². The van der Waals surface area contributed by atoms with E-state index in [0.29, 0.717) is 11.8 Å². The van der Waals surface area contributed by atoms with Crippen LogP contribution in [0.3, 0.4) is 0 Å². The van der Waals surface area contributed by atoms with E-state index < -0.39 is 0 Å². The summed E-state index contributed by atoms with van der Waals surface area (Å²) in [5.41, 5.74) is 15.4. The molecule has 2 aliphatic rings. The molecule has 8 aromatic carbocycles. The highest BCUT2D eigenvalue weighted by Gasteiger charge is 2.24. The van der Waals surface area contributed by atoms with Crippen LogP contribution in [-0.4, -0.2) is 0 Å². The number of benzene rings is 8. The first-order valence-corrected chi connectivity index (χ1v) is 22.7. The number of hydrogen-bond acceptors (Lipinski definition) is 2. The fourth-order valence-corrected chi connectivity index (χ4v) is 10.5. The summed E-state index contributed by atoms with van der Waals surface area (Å²) < 4.78 is 0. The highest BCUT2D eigenvalue weighted by molar-refractivity contribution is 6.24. The molecular weight excluding hydrogens is 725 g/mol. The molecule has 10 rings (SSSR count). The smallest absolute Gasteiger partial charge is 0.0546 e. The zero-order chi connectivity index (χ0) is 40.7. The van der Waals surface area contributed by atoms with Gasteiger partial charge in [0.1, 0.15) is 0 Å². The second-order valence-electron chi connectivity index (χ2n) is 18.0. The van der Waals surface area contributed by atoms with Gasteiger partial charge in [0.2, 0.25) is 0 Å². The average Bonchev–Trinajstić information content (AvgIpc) is 3.30. The van der Waals surface area contributed by atoms with Crippen LogP contribution in [0.5, 0.6) is 0 Å². The lowest BCUT2D eigenvalue weighted by atomic mass is 9.84. The van der Waals surface area contributed by atoms with E-state index in [1.807, 2.05) is 0 Å². The van der Waals surface area contributed by atoms with Gasteiger partial charge in [-0.15, -0.1) is 0 Å². The Morgan fingerprint density at radius 3 is 1.03 bits per heavy atom. The molecular formula is C58H58N2. The molecule has 2 nitrogen and oxygen atoms in total. The minimum atomic E-state index is 0.670. The second kappa shape index (κ2) is 16.3. The van der Waals surface area contributed by atoms with E-state index in [4.69, 9.17) is 0 Å². The molecule has 0 spiro atoms. The molecule has 0 amide bonds. The number of fused-ring (bicyclic) bond motifs is 5. The first kappa shape index (κ1) is 38.3. The third-order valence-corrected chi connectivity index (χ3v) is 14.3. The van der Waals surface area contributed by atoms with Crippen LogP contribution in [-0.2, 0) is 0 Å². The first-order chi connectivity index (χ1) is 29.4. The molecule has 0 N–H and O–H groups in total. The van der Waals surface area contributed by atoms with Gasteiger partial charge in [-0.3, -0.25) is 0 Å². The van der Waals surface area contributed by atoms with Crippen molar-refractivity contribution < 1.29 is 0 Å². The summed E-state index contributed by atoms with van der Waals surface area (Å²) in [6, 6.07) is 56.2. The third kappa shape index (κ3) is 7.15. The summed E-state index contributed by atoms with van der Waals surface area (Å²) in [4.78, 5) is 5.02. The van der Waals surface area contributed by atoms with Crippen LogP contribution in [0.2, 0.25) is 0 Å². The average molecular weight is 783 g/mol. The number of rotatable bonds is 8. The van der Waals surface area contributed by atoms with Crippen molar-refractivity contribution in [2.45, 2.75) is 104 Å². The standard InChI is InChI=1S/C58H58N2/c1-39-23-29-49(35-41(39)3)59(47-31-25-45(26-32-47)43-15-7-5-8-16-43)57-37-55-52-20-12-14-22-54(52)58(38-56(55)51-19-11-13-21-53(51)57)60(50-30-24-40(2)42(4)36-50)48-33-27-46(28-34-48)44-17-9-6-10-18-44/h11-14,19-38,43-44H,5-10,15-18H2,1-4H3. The Labute approximate surface area is 357 Å². The van der Waals surface area contributed by atoms with Crippen LogP contribution in [0.25, 0.3) is 32.3 Å². The lowest BCUT2D eigenvalue weighted by Gasteiger charge is -2.31. The monoisotopic (exact) mass is 782 g/mol. The minimum Gasteiger partial charge on any atom is -0.310 e. The number of nitrogens with zero attached hydrogens (tertiary/aromatic N) is 2. The molecule has 0 aromatic heterocycles. The molecule has 0 heterocycles. The number of anilines is 6. The molecule has 0 aliphatic heterocycles. The maximum Gasteiger partial charge on any atom is 0.0546 e. The SMILES string of the molecule is Cc1ccc(N(c2ccc(C3CCCCC3)cc2)c2cc3c4ccccc4c(N(c4ccc(C5CCCCC5)cc4)c4ccc(C)c(C)c4)cc3c3ccccc23)cc1C.